The Morgan fingerprint density at radius 2 is 2.50 bits per heavy atom. The lowest BCUT2D eigenvalue weighted by molar-refractivity contribution is 0.238. The molecule has 1 fully saturated rings. The highest BCUT2D eigenvalue weighted by Gasteiger charge is 2.19. The largest absolute Gasteiger partial charge is 0.313 e. The Morgan fingerprint density at radius 3 is 3.21 bits per heavy atom. The molecule has 5 nitrogen and oxygen atoms in total. The van der Waals surface area contributed by atoms with Gasteiger partial charge in [-0.25, -0.2) is 4.98 Å². The number of hydrogen-bond acceptors (Lipinski definition) is 4. The maximum absolute atomic E-state index is 11.1. The summed E-state index contributed by atoms with van der Waals surface area (Å²) in [5.41, 5.74) is 0.727. The van der Waals surface area contributed by atoms with E-state index in [2.05, 4.69) is 27.2 Å². The molecule has 76 valence electrons. The fourth-order valence-corrected chi connectivity index (χ4v) is 1.67. The van der Waals surface area contributed by atoms with Gasteiger partial charge in [0.05, 0.1) is 18.1 Å². The number of nitrogens with zero attached hydrogens (tertiary/aromatic N) is 2. The van der Waals surface area contributed by atoms with Gasteiger partial charge in [0, 0.05) is 25.7 Å². The minimum atomic E-state index is -0.0926. The van der Waals surface area contributed by atoms with Crippen molar-refractivity contribution in [2.45, 2.75) is 6.04 Å². The molecule has 1 atom stereocenters. The number of nitrogens with one attached hydrogen (secondary N) is 2. The minimum Gasteiger partial charge on any atom is -0.313 e. The third-order valence-corrected chi connectivity index (χ3v) is 2.43. The molecule has 1 aliphatic heterocycles. The van der Waals surface area contributed by atoms with Gasteiger partial charge >= 0.3 is 0 Å². The van der Waals surface area contributed by atoms with Gasteiger partial charge in [-0.05, 0) is 7.05 Å². The van der Waals surface area contributed by atoms with Crippen LogP contribution >= 0.6 is 0 Å². The van der Waals surface area contributed by atoms with E-state index in [-0.39, 0.29) is 11.6 Å². The Bertz CT molecular complexity index is 362. The number of rotatable bonds is 1. The van der Waals surface area contributed by atoms with E-state index in [0.29, 0.717) is 0 Å². The molecule has 0 spiro atoms. The number of hydrogen-bond donors (Lipinski definition) is 2. The summed E-state index contributed by atoms with van der Waals surface area (Å²) in [5.74, 6) is 0. The SMILES string of the molecule is CN1CCNC(c2cc(=O)[nH]cn2)C1. The molecule has 1 saturated heterocycles. The van der Waals surface area contributed by atoms with Crippen molar-refractivity contribution in [3.05, 3.63) is 28.4 Å². The summed E-state index contributed by atoms with van der Waals surface area (Å²) in [6.07, 6.45) is 1.45. The van der Waals surface area contributed by atoms with Crippen molar-refractivity contribution in [2.75, 3.05) is 26.7 Å². The van der Waals surface area contributed by atoms with Crippen LogP contribution in [-0.4, -0.2) is 41.5 Å². The summed E-state index contributed by atoms with van der Waals surface area (Å²) >= 11 is 0. The number of aromatic amines is 1. The zero-order chi connectivity index (χ0) is 9.97. The normalized spacial score (nSPS) is 23.6. The maximum atomic E-state index is 11.1. The van der Waals surface area contributed by atoms with Crippen LogP contribution < -0.4 is 10.9 Å². The molecular formula is C9H14N4O. The second-order valence-corrected chi connectivity index (χ2v) is 3.60. The molecule has 5 heteroatoms. The second kappa shape index (κ2) is 3.89. The molecule has 1 aromatic rings. The Kier molecular flexibility index (Phi) is 2.60. The molecule has 0 aliphatic carbocycles. The Hall–Kier alpha value is -1.20. The van der Waals surface area contributed by atoms with Gasteiger partial charge in [0.15, 0.2) is 0 Å². The van der Waals surface area contributed by atoms with E-state index in [0.717, 1.165) is 25.3 Å². The highest BCUT2D eigenvalue weighted by molar-refractivity contribution is 5.06. The number of piperazine rings is 1. The van der Waals surface area contributed by atoms with Gasteiger partial charge in [0.25, 0.3) is 5.56 Å². The lowest BCUT2D eigenvalue weighted by Crippen LogP contribution is -2.44. The smallest absolute Gasteiger partial charge is 0.250 e. The van der Waals surface area contributed by atoms with E-state index < -0.39 is 0 Å². The van der Waals surface area contributed by atoms with Crippen LogP contribution in [0.5, 0.6) is 0 Å². The number of likely N-dealkylation sites (N-methyl/N-ethyl adjacent to an activating group) is 1. The summed E-state index contributed by atoms with van der Waals surface area (Å²) in [4.78, 5) is 20.0. The molecule has 0 amide bonds. The van der Waals surface area contributed by atoms with Crippen LogP contribution in [0.25, 0.3) is 0 Å². The van der Waals surface area contributed by atoms with Crippen LogP contribution in [0.1, 0.15) is 11.7 Å². The second-order valence-electron chi connectivity index (χ2n) is 3.60. The van der Waals surface area contributed by atoms with Crippen molar-refractivity contribution in [1.29, 1.82) is 0 Å². The van der Waals surface area contributed by atoms with Crippen molar-refractivity contribution < 1.29 is 0 Å². The number of aromatic nitrogens is 2. The predicted molar refractivity (Wildman–Crippen MR) is 53.1 cm³/mol. The first kappa shape index (κ1) is 9.36. The summed E-state index contributed by atoms with van der Waals surface area (Å²) in [5, 5.41) is 3.34. The van der Waals surface area contributed by atoms with Gasteiger partial charge in [-0.2, -0.15) is 0 Å². The average Bonchev–Trinajstić information content (AvgIpc) is 2.18. The molecule has 2 heterocycles. The fraction of sp³-hybridized carbons (Fsp3) is 0.556. The van der Waals surface area contributed by atoms with E-state index in [1.165, 1.54) is 6.33 Å². The fourth-order valence-electron chi connectivity index (χ4n) is 1.67. The van der Waals surface area contributed by atoms with Crippen LogP contribution in [-0.2, 0) is 0 Å². The van der Waals surface area contributed by atoms with Crippen molar-refractivity contribution in [2.24, 2.45) is 0 Å². The topological polar surface area (TPSA) is 61.0 Å². The highest BCUT2D eigenvalue weighted by Crippen LogP contribution is 2.11. The molecule has 0 bridgehead atoms. The first-order chi connectivity index (χ1) is 6.75. The monoisotopic (exact) mass is 194 g/mol. The first-order valence-corrected chi connectivity index (χ1v) is 4.72. The van der Waals surface area contributed by atoms with E-state index >= 15 is 0 Å². The Morgan fingerprint density at radius 1 is 1.64 bits per heavy atom. The van der Waals surface area contributed by atoms with E-state index in [1.807, 2.05) is 0 Å². The third kappa shape index (κ3) is 2.00. The molecule has 0 radical (unpaired) electrons. The van der Waals surface area contributed by atoms with Crippen LogP contribution in [0.4, 0.5) is 0 Å². The lowest BCUT2D eigenvalue weighted by atomic mass is 10.1. The molecule has 2 N–H and O–H groups in total. The zero-order valence-electron chi connectivity index (χ0n) is 8.16. The molecule has 14 heavy (non-hydrogen) atoms. The van der Waals surface area contributed by atoms with Gasteiger partial charge in [0.1, 0.15) is 0 Å². The summed E-state index contributed by atoms with van der Waals surface area (Å²) < 4.78 is 0. The van der Waals surface area contributed by atoms with Crippen LogP contribution in [0.15, 0.2) is 17.2 Å². The van der Waals surface area contributed by atoms with Gasteiger partial charge < -0.3 is 15.2 Å². The molecule has 0 aromatic carbocycles. The third-order valence-electron chi connectivity index (χ3n) is 2.43. The predicted octanol–water partition coefficient (Wildman–Crippen LogP) is -0.654. The van der Waals surface area contributed by atoms with E-state index in [4.69, 9.17) is 0 Å². The van der Waals surface area contributed by atoms with Crippen LogP contribution in [0.3, 0.4) is 0 Å². The van der Waals surface area contributed by atoms with Crippen molar-refractivity contribution in [1.82, 2.24) is 20.2 Å². The maximum Gasteiger partial charge on any atom is 0.250 e. The van der Waals surface area contributed by atoms with E-state index in [1.54, 1.807) is 6.07 Å². The van der Waals surface area contributed by atoms with Crippen LogP contribution in [0, 0.1) is 0 Å². The van der Waals surface area contributed by atoms with Gasteiger partial charge in [-0.3, -0.25) is 4.79 Å². The molecule has 1 unspecified atom stereocenters. The average molecular weight is 194 g/mol. The summed E-state index contributed by atoms with van der Waals surface area (Å²) in [6, 6.07) is 1.73. The molecule has 0 saturated carbocycles. The summed E-state index contributed by atoms with van der Waals surface area (Å²) in [6.45, 7) is 2.88. The first-order valence-electron chi connectivity index (χ1n) is 4.72. The zero-order valence-corrected chi connectivity index (χ0v) is 8.16. The summed E-state index contributed by atoms with van der Waals surface area (Å²) in [7, 11) is 2.07. The van der Waals surface area contributed by atoms with Crippen molar-refractivity contribution in [3.8, 4) is 0 Å². The highest BCUT2D eigenvalue weighted by atomic mass is 16.1. The van der Waals surface area contributed by atoms with Gasteiger partial charge in [-0.15, -0.1) is 0 Å². The van der Waals surface area contributed by atoms with E-state index in [9.17, 15) is 4.79 Å². The van der Waals surface area contributed by atoms with Gasteiger partial charge in [0.2, 0.25) is 0 Å². The molecule has 1 aromatic heterocycles. The Balaban J connectivity index is 2.18. The Labute approximate surface area is 82.2 Å². The quantitative estimate of drug-likeness (QED) is 0.623. The minimum absolute atomic E-state index is 0.0926. The van der Waals surface area contributed by atoms with Crippen LogP contribution in [0.2, 0.25) is 0 Å². The van der Waals surface area contributed by atoms with Crippen molar-refractivity contribution in [3.63, 3.8) is 0 Å². The van der Waals surface area contributed by atoms with Gasteiger partial charge in [-0.1, -0.05) is 0 Å². The molecular weight excluding hydrogens is 180 g/mol. The lowest BCUT2D eigenvalue weighted by Gasteiger charge is -2.30. The molecule has 2 rings (SSSR count). The molecule has 1 aliphatic rings. The van der Waals surface area contributed by atoms with Crippen molar-refractivity contribution >= 4 is 0 Å². The number of H-pyrrole nitrogens is 1. The standard InChI is InChI=1S/C9H14N4O/c1-13-3-2-10-8(5-13)7-4-9(14)12-6-11-7/h4,6,8,10H,2-3,5H2,1H3,(H,11,12,14).